The number of likely N-dealkylation sites (N-methyl/N-ethyl adjacent to an activating group) is 1. The van der Waals surface area contributed by atoms with Gasteiger partial charge in [0.1, 0.15) is 0 Å². The molecule has 3 aliphatic rings. The van der Waals surface area contributed by atoms with Crippen molar-refractivity contribution in [1.82, 2.24) is 20.0 Å². The Bertz CT molecular complexity index is 462. The van der Waals surface area contributed by atoms with Crippen LogP contribution >= 0.6 is 0 Å². The van der Waals surface area contributed by atoms with Crippen molar-refractivity contribution in [2.75, 3.05) is 66.0 Å². The molecule has 0 aromatic carbocycles. The van der Waals surface area contributed by atoms with Gasteiger partial charge >= 0.3 is 0 Å². The molecular formula is C23H45N5. The number of nitrogens with one attached hydrogen (secondary N) is 1. The smallest absolute Gasteiger partial charge is 0.193 e. The summed E-state index contributed by atoms with van der Waals surface area (Å²) < 4.78 is 0. The van der Waals surface area contributed by atoms with E-state index in [2.05, 4.69) is 34.0 Å². The highest BCUT2D eigenvalue weighted by molar-refractivity contribution is 5.80. The van der Waals surface area contributed by atoms with E-state index in [0.717, 1.165) is 13.1 Å². The number of piperazine rings is 1. The van der Waals surface area contributed by atoms with Crippen LogP contribution in [0.5, 0.6) is 0 Å². The average Bonchev–Trinajstić information content (AvgIpc) is 2.93. The Morgan fingerprint density at radius 2 is 1.61 bits per heavy atom. The molecular weight excluding hydrogens is 346 g/mol. The highest BCUT2D eigenvalue weighted by Gasteiger charge is 2.36. The van der Waals surface area contributed by atoms with Crippen molar-refractivity contribution >= 4 is 5.96 Å². The van der Waals surface area contributed by atoms with Gasteiger partial charge in [0, 0.05) is 52.4 Å². The zero-order valence-electron chi connectivity index (χ0n) is 18.7. The van der Waals surface area contributed by atoms with Gasteiger partial charge in [-0.25, -0.2) is 0 Å². The van der Waals surface area contributed by atoms with Crippen molar-refractivity contribution in [2.45, 2.75) is 71.1 Å². The standard InChI is InChI=1S/C23H45N5/c1-3-24-22(25-14-8-9-15-27-19-17-26(2)18-20-27)28-16-10-13-23(21-28)11-6-4-5-7-12-23/h3-21H2,1-2H3,(H,24,25). The molecule has 2 heterocycles. The highest BCUT2D eigenvalue weighted by Crippen LogP contribution is 2.42. The molecule has 0 amide bonds. The Balaban J connectivity index is 1.45. The Hall–Kier alpha value is -0.810. The lowest BCUT2D eigenvalue weighted by molar-refractivity contribution is 0.115. The number of hydrogen-bond donors (Lipinski definition) is 1. The first-order valence-electron chi connectivity index (χ1n) is 12.1. The molecule has 0 bridgehead atoms. The van der Waals surface area contributed by atoms with Crippen LogP contribution in [0, 0.1) is 5.41 Å². The van der Waals surface area contributed by atoms with E-state index in [4.69, 9.17) is 4.99 Å². The van der Waals surface area contributed by atoms with Gasteiger partial charge in [-0.1, -0.05) is 25.7 Å². The zero-order chi connectivity index (χ0) is 19.7. The fourth-order valence-corrected chi connectivity index (χ4v) is 5.40. The minimum atomic E-state index is 0.576. The predicted octanol–water partition coefficient (Wildman–Crippen LogP) is 3.42. The lowest BCUT2D eigenvalue weighted by atomic mass is 9.74. The van der Waals surface area contributed by atoms with Crippen LogP contribution in [0.15, 0.2) is 4.99 Å². The Kier molecular flexibility index (Phi) is 8.91. The summed E-state index contributed by atoms with van der Waals surface area (Å²) in [5.74, 6) is 1.19. The van der Waals surface area contributed by atoms with Crippen LogP contribution in [0.25, 0.3) is 0 Å². The van der Waals surface area contributed by atoms with Gasteiger partial charge in [-0.05, 0) is 64.5 Å². The second kappa shape index (κ2) is 11.4. The van der Waals surface area contributed by atoms with E-state index in [1.165, 1.54) is 116 Å². The molecule has 3 fully saturated rings. The van der Waals surface area contributed by atoms with Crippen molar-refractivity contribution in [3.8, 4) is 0 Å². The molecule has 2 aliphatic heterocycles. The van der Waals surface area contributed by atoms with Crippen LogP contribution in [0.2, 0.25) is 0 Å². The first-order chi connectivity index (χ1) is 13.7. The lowest BCUT2D eigenvalue weighted by Crippen LogP contribution is -2.50. The topological polar surface area (TPSA) is 34.1 Å². The maximum absolute atomic E-state index is 5.04. The van der Waals surface area contributed by atoms with Crippen LogP contribution in [0.4, 0.5) is 0 Å². The van der Waals surface area contributed by atoms with Gasteiger partial charge in [-0.15, -0.1) is 0 Å². The quantitative estimate of drug-likeness (QED) is 0.427. The number of rotatable bonds is 6. The monoisotopic (exact) mass is 391 g/mol. The molecule has 3 rings (SSSR count). The molecule has 2 saturated heterocycles. The first kappa shape index (κ1) is 21.9. The number of hydrogen-bond acceptors (Lipinski definition) is 3. The van der Waals surface area contributed by atoms with Crippen LogP contribution < -0.4 is 5.32 Å². The second-order valence-electron chi connectivity index (χ2n) is 9.53. The van der Waals surface area contributed by atoms with E-state index in [9.17, 15) is 0 Å². The van der Waals surface area contributed by atoms with Crippen molar-refractivity contribution in [3.05, 3.63) is 0 Å². The van der Waals surface area contributed by atoms with Crippen LogP contribution in [-0.2, 0) is 0 Å². The summed E-state index contributed by atoms with van der Waals surface area (Å²) in [6.45, 7) is 12.7. The third kappa shape index (κ3) is 6.62. The van der Waals surface area contributed by atoms with Gasteiger partial charge < -0.3 is 20.0 Å². The van der Waals surface area contributed by atoms with Gasteiger partial charge in [-0.2, -0.15) is 0 Å². The minimum absolute atomic E-state index is 0.576. The molecule has 5 nitrogen and oxygen atoms in total. The summed E-state index contributed by atoms with van der Waals surface area (Å²) in [6, 6.07) is 0. The minimum Gasteiger partial charge on any atom is -0.357 e. The molecule has 162 valence electrons. The maximum atomic E-state index is 5.04. The highest BCUT2D eigenvalue weighted by atomic mass is 15.3. The maximum Gasteiger partial charge on any atom is 0.193 e. The second-order valence-corrected chi connectivity index (χ2v) is 9.53. The number of aliphatic imine (C=N–C) groups is 1. The van der Waals surface area contributed by atoms with Gasteiger partial charge in [0.15, 0.2) is 5.96 Å². The molecule has 1 spiro atoms. The molecule has 28 heavy (non-hydrogen) atoms. The molecule has 0 atom stereocenters. The van der Waals surface area contributed by atoms with Crippen molar-refractivity contribution in [1.29, 1.82) is 0 Å². The van der Waals surface area contributed by atoms with Crippen molar-refractivity contribution < 1.29 is 0 Å². The van der Waals surface area contributed by atoms with Gasteiger partial charge in [0.25, 0.3) is 0 Å². The molecule has 0 unspecified atom stereocenters. The molecule has 5 heteroatoms. The number of guanidine groups is 1. The SMILES string of the molecule is CCNC(=NCCCCN1CCN(C)CC1)N1CCCC2(CCCCCC2)C1. The summed E-state index contributed by atoms with van der Waals surface area (Å²) in [5, 5.41) is 3.60. The summed E-state index contributed by atoms with van der Waals surface area (Å²) in [4.78, 5) is 12.7. The first-order valence-corrected chi connectivity index (χ1v) is 12.1. The third-order valence-corrected chi connectivity index (χ3v) is 7.20. The van der Waals surface area contributed by atoms with E-state index in [1.807, 2.05) is 0 Å². The number of unbranched alkanes of at least 4 members (excludes halogenated alkanes) is 1. The molecule has 0 aromatic heterocycles. The summed E-state index contributed by atoms with van der Waals surface area (Å²) in [7, 11) is 2.23. The van der Waals surface area contributed by atoms with E-state index >= 15 is 0 Å². The Morgan fingerprint density at radius 1 is 0.893 bits per heavy atom. The number of nitrogens with zero attached hydrogens (tertiary/aromatic N) is 4. The Labute approximate surface area is 173 Å². The average molecular weight is 392 g/mol. The fourth-order valence-electron chi connectivity index (χ4n) is 5.40. The van der Waals surface area contributed by atoms with Gasteiger partial charge in [0.2, 0.25) is 0 Å². The molecule has 0 radical (unpaired) electrons. The fraction of sp³-hybridized carbons (Fsp3) is 0.957. The van der Waals surface area contributed by atoms with E-state index in [-0.39, 0.29) is 0 Å². The predicted molar refractivity (Wildman–Crippen MR) is 120 cm³/mol. The normalized spacial score (nSPS) is 25.1. The van der Waals surface area contributed by atoms with Crippen molar-refractivity contribution in [2.24, 2.45) is 10.4 Å². The molecule has 1 saturated carbocycles. The third-order valence-electron chi connectivity index (χ3n) is 7.20. The largest absolute Gasteiger partial charge is 0.357 e. The summed E-state index contributed by atoms with van der Waals surface area (Å²) >= 11 is 0. The van der Waals surface area contributed by atoms with Gasteiger partial charge in [0.05, 0.1) is 0 Å². The van der Waals surface area contributed by atoms with E-state index < -0.39 is 0 Å². The molecule has 1 aliphatic carbocycles. The number of likely N-dealkylation sites (tertiary alicyclic amines) is 1. The summed E-state index contributed by atoms with van der Waals surface area (Å²) in [6.07, 6.45) is 13.9. The zero-order valence-corrected chi connectivity index (χ0v) is 18.7. The Morgan fingerprint density at radius 3 is 2.32 bits per heavy atom. The van der Waals surface area contributed by atoms with Crippen molar-refractivity contribution in [3.63, 3.8) is 0 Å². The van der Waals surface area contributed by atoms with Crippen LogP contribution in [0.1, 0.15) is 71.1 Å². The van der Waals surface area contributed by atoms with Gasteiger partial charge in [-0.3, -0.25) is 4.99 Å². The lowest BCUT2D eigenvalue weighted by Gasteiger charge is -2.44. The summed E-state index contributed by atoms with van der Waals surface area (Å²) in [5.41, 5.74) is 0.576. The van der Waals surface area contributed by atoms with Crippen LogP contribution in [-0.4, -0.2) is 86.6 Å². The van der Waals surface area contributed by atoms with E-state index in [0.29, 0.717) is 5.41 Å². The number of piperidine rings is 1. The van der Waals surface area contributed by atoms with Crippen LogP contribution in [0.3, 0.4) is 0 Å². The molecule has 0 aromatic rings. The van der Waals surface area contributed by atoms with E-state index in [1.54, 1.807) is 0 Å². The molecule has 1 N–H and O–H groups in total.